The van der Waals surface area contributed by atoms with Gasteiger partial charge >= 0.3 is 6.16 Å². The predicted molar refractivity (Wildman–Crippen MR) is 47.9 cm³/mol. The molecule has 0 saturated carbocycles. The molecule has 5 heteroatoms. The van der Waals surface area contributed by atoms with Crippen LogP contribution in [0.15, 0.2) is 0 Å². The van der Waals surface area contributed by atoms with E-state index in [0.29, 0.717) is 25.7 Å². The van der Waals surface area contributed by atoms with Crippen LogP contribution in [-0.2, 0) is 19.1 Å². The molecule has 0 rings (SSSR count). The summed E-state index contributed by atoms with van der Waals surface area (Å²) in [5.41, 5.74) is 0. The van der Waals surface area contributed by atoms with E-state index in [1.165, 1.54) is 0 Å². The molecule has 0 aromatic carbocycles. The Labute approximate surface area is 82.4 Å². The number of rotatable bonds is 8. The van der Waals surface area contributed by atoms with Crippen LogP contribution in [0.25, 0.3) is 0 Å². The second-order valence-electron chi connectivity index (χ2n) is 2.56. The van der Waals surface area contributed by atoms with Gasteiger partial charge in [-0.3, -0.25) is 0 Å². The lowest BCUT2D eigenvalue weighted by Gasteiger charge is -2.03. The average Bonchev–Trinajstić information content (AvgIpc) is 2.19. The van der Waals surface area contributed by atoms with Crippen molar-refractivity contribution in [3.8, 4) is 0 Å². The molecular formula is C9H14O5. The molecule has 0 aliphatic heterocycles. The summed E-state index contributed by atoms with van der Waals surface area (Å²) in [6.07, 6.45) is 2.54. The fourth-order valence-electron chi connectivity index (χ4n) is 0.686. The summed E-state index contributed by atoms with van der Waals surface area (Å²) >= 11 is 0. The molecule has 0 bridgehead atoms. The highest BCUT2D eigenvalue weighted by atomic mass is 16.7. The van der Waals surface area contributed by atoms with Gasteiger partial charge in [-0.2, -0.15) is 0 Å². The molecule has 0 fully saturated rings. The standard InChI is InChI=1S/C9H14O5/c10-5-1-3-7-13-9(12)14-8-4-2-6-11/h5-6H,1-4,7-8H2. The van der Waals surface area contributed by atoms with Crippen molar-refractivity contribution in [1.29, 1.82) is 0 Å². The Kier molecular flexibility index (Phi) is 8.73. The summed E-state index contributed by atoms with van der Waals surface area (Å²) in [6, 6.07) is 0. The maximum atomic E-state index is 10.7. The molecule has 0 aliphatic carbocycles. The minimum Gasteiger partial charge on any atom is -0.434 e. The molecule has 5 nitrogen and oxygen atoms in total. The van der Waals surface area contributed by atoms with E-state index in [1.54, 1.807) is 0 Å². The topological polar surface area (TPSA) is 69.7 Å². The molecule has 0 radical (unpaired) electrons. The van der Waals surface area contributed by atoms with Gasteiger partial charge in [-0.05, 0) is 12.8 Å². The van der Waals surface area contributed by atoms with E-state index >= 15 is 0 Å². The van der Waals surface area contributed by atoms with Crippen LogP contribution in [0.5, 0.6) is 0 Å². The van der Waals surface area contributed by atoms with Crippen LogP contribution in [0.4, 0.5) is 4.79 Å². The molecule has 0 N–H and O–H groups in total. The largest absolute Gasteiger partial charge is 0.508 e. The third-order valence-corrected chi connectivity index (χ3v) is 1.37. The van der Waals surface area contributed by atoms with Gasteiger partial charge in [0.15, 0.2) is 0 Å². The van der Waals surface area contributed by atoms with E-state index in [2.05, 4.69) is 9.47 Å². The zero-order chi connectivity index (χ0) is 10.6. The monoisotopic (exact) mass is 202 g/mol. The summed E-state index contributed by atoms with van der Waals surface area (Å²) in [6.45, 7) is 0.372. The highest BCUT2D eigenvalue weighted by Gasteiger charge is 2.01. The van der Waals surface area contributed by atoms with Crippen molar-refractivity contribution in [3.63, 3.8) is 0 Å². The molecule has 0 amide bonds. The summed E-state index contributed by atoms with van der Waals surface area (Å²) in [7, 11) is 0. The summed E-state index contributed by atoms with van der Waals surface area (Å²) in [4.78, 5) is 30.5. The smallest absolute Gasteiger partial charge is 0.434 e. The van der Waals surface area contributed by atoms with Gasteiger partial charge in [0.2, 0.25) is 0 Å². The Morgan fingerprint density at radius 1 is 0.929 bits per heavy atom. The van der Waals surface area contributed by atoms with Gasteiger partial charge in [0, 0.05) is 12.8 Å². The number of hydrogen-bond acceptors (Lipinski definition) is 5. The van der Waals surface area contributed by atoms with Crippen molar-refractivity contribution in [2.24, 2.45) is 0 Å². The van der Waals surface area contributed by atoms with E-state index < -0.39 is 6.16 Å². The van der Waals surface area contributed by atoms with E-state index in [0.717, 1.165) is 12.6 Å². The van der Waals surface area contributed by atoms with Crippen LogP contribution in [0.2, 0.25) is 0 Å². The zero-order valence-electron chi connectivity index (χ0n) is 7.94. The molecule has 0 aromatic rings. The molecule has 0 atom stereocenters. The van der Waals surface area contributed by atoms with Crippen molar-refractivity contribution < 1.29 is 23.9 Å². The minimum absolute atomic E-state index is 0.186. The molecule has 0 saturated heterocycles. The summed E-state index contributed by atoms with van der Waals surface area (Å²) < 4.78 is 9.23. The molecule has 0 unspecified atom stereocenters. The fraction of sp³-hybridized carbons (Fsp3) is 0.667. The van der Waals surface area contributed by atoms with Crippen molar-refractivity contribution in [2.45, 2.75) is 25.7 Å². The van der Waals surface area contributed by atoms with Crippen molar-refractivity contribution >= 4 is 18.7 Å². The van der Waals surface area contributed by atoms with Crippen molar-refractivity contribution in [1.82, 2.24) is 0 Å². The van der Waals surface area contributed by atoms with E-state index in [4.69, 9.17) is 0 Å². The summed E-state index contributed by atoms with van der Waals surface area (Å²) in [5.74, 6) is 0. The predicted octanol–water partition coefficient (Wildman–Crippen LogP) is 1.10. The van der Waals surface area contributed by atoms with Crippen LogP contribution in [0.1, 0.15) is 25.7 Å². The molecule has 0 spiro atoms. The van der Waals surface area contributed by atoms with Crippen LogP contribution in [0.3, 0.4) is 0 Å². The van der Waals surface area contributed by atoms with Gasteiger partial charge in [-0.1, -0.05) is 0 Å². The average molecular weight is 202 g/mol. The van der Waals surface area contributed by atoms with Crippen molar-refractivity contribution in [3.05, 3.63) is 0 Å². The number of hydrogen-bond donors (Lipinski definition) is 0. The molecule has 14 heavy (non-hydrogen) atoms. The Morgan fingerprint density at radius 3 is 1.71 bits per heavy atom. The molecule has 0 heterocycles. The van der Waals surface area contributed by atoms with Gasteiger partial charge in [0.1, 0.15) is 12.6 Å². The first-order valence-corrected chi connectivity index (χ1v) is 4.48. The highest BCUT2D eigenvalue weighted by molar-refractivity contribution is 5.59. The quantitative estimate of drug-likeness (QED) is 0.335. The fourth-order valence-corrected chi connectivity index (χ4v) is 0.686. The van der Waals surface area contributed by atoms with Gasteiger partial charge in [0.25, 0.3) is 0 Å². The molecule has 0 aliphatic rings. The van der Waals surface area contributed by atoms with Gasteiger partial charge in [-0.15, -0.1) is 0 Å². The Morgan fingerprint density at radius 2 is 1.36 bits per heavy atom. The first-order valence-electron chi connectivity index (χ1n) is 4.48. The van der Waals surface area contributed by atoms with E-state index in [-0.39, 0.29) is 13.2 Å². The lowest BCUT2D eigenvalue weighted by Crippen LogP contribution is -2.09. The van der Waals surface area contributed by atoms with Crippen LogP contribution >= 0.6 is 0 Å². The second-order valence-corrected chi connectivity index (χ2v) is 2.56. The van der Waals surface area contributed by atoms with Gasteiger partial charge < -0.3 is 19.1 Å². The maximum Gasteiger partial charge on any atom is 0.508 e. The number of unbranched alkanes of at least 4 members (excludes halogenated alkanes) is 2. The number of aldehydes is 2. The van der Waals surface area contributed by atoms with E-state index in [1.807, 2.05) is 0 Å². The third-order valence-electron chi connectivity index (χ3n) is 1.37. The Bertz CT molecular complexity index is 160. The first kappa shape index (κ1) is 12.6. The zero-order valence-corrected chi connectivity index (χ0v) is 7.94. The first-order chi connectivity index (χ1) is 6.81. The van der Waals surface area contributed by atoms with Crippen LogP contribution in [-0.4, -0.2) is 31.9 Å². The second kappa shape index (κ2) is 9.70. The molecule has 80 valence electrons. The van der Waals surface area contributed by atoms with Gasteiger partial charge in [-0.25, -0.2) is 4.79 Å². The lowest BCUT2D eigenvalue weighted by atomic mass is 10.3. The Balaban J connectivity index is 3.19. The van der Waals surface area contributed by atoms with Crippen molar-refractivity contribution in [2.75, 3.05) is 13.2 Å². The number of carbonyl (C=O) groups is 3. The van der Waals surface area contributed by atoms with E-state index in [9.17, 15) is 14.4 Å². The molecule has 0 aromatic heterocycles. The normalized spacial score (nSPS) is 9.14. The van der Waals surface area contributed by atoms with Crippen LogP contribution < -0.4 is 0 Å². The lowest BCUT2D eigenvalue weighted by molar-refractivity contribution is -0.108. The minimum atomic E-state index is -0.748. The SMILES string of the molecule is O=CCCCOC(=O)OCCCC=O. The molecular weight excluding hydrogens is 188 g/mol. The van der Waals surface area contributed by atoms with Gasteiger partial charge in [0.05, 0.1) is 13.2 Å². The number of carbonyl (C=O) groups excluding carboxylic acids is 3. The van der Waals surface area contributed by atoms with Crippen LogP contribution in [0, 0.1) is 0 Å². The number of ether oxygens (including phenoxy) is 2. The third kappa shape index (κ3) is 8.70. The maximum absolute atomic E-state index is 10.7. The highest BCUT2D eigenvalue weighted by Crippen LogP contribution is 1.93. The Hall–Kier alpha value is -1.39. The summed E-state index contributed by atoms with van der Waals surface area (Å²) in [5, 5.41) is 0.